The molecule has 1 fully saturated rings. The summed E-state index contributed by atoms with van der Waals surface area (Å²) in [5.74, 6) is -1.21. The summed E-state index contributed by atoms with van der Waals surface area (Å²) in [5, 5.41) is 2.43. The lowest BCUT2D eigenvalue weighted by molar-refractivity contribution is -0.151. The zero-order valence-electron chi connectivity index (χ0n) is 8.33. The van der Waals surface area contributed by atoms with E-state index in [9.17, 15) is 14.4 Å². The number of allylic oxidation sites excluding steroid dienone is 1. The fourth-order valence-corrected chi connectivity index (χ4v) is 1.32. The average molecular weight is 196 g/mol. The molecule has 1 atom stereocenters. The largest absolute Gasteiger partial charge is 0.320 e. The molecule has 1 rings (SSSR count). The fourth-order valence-electron chi connectivity index (χ4n) is 1.32. The van der Waals surface area contributed by atoms with Crippen LogP contribution >= 0.6 is 0 Å². The average Bonchev–Trinajstić information content (AvgIpc) is 2.11. The van der Waals surface area contributed by atoms with Crippen LogP contribution in [-0.2, 0) is 14.4 Å². The second-order valence-electron chi connectivity index (χ2n) is 3.06. The summed E-state index contributed by atoms with van der Waals surface area (Å²) >= 11 is 0. The fraction of sp³-hybridized carbons (Fsp3) is 0.444. The number of rotatable bonds is 0. The summed E-state index contributed by atoms with van der Waals surface area (Å²) in [6.07, 6.45) is 1.47. The zero-order chi connectivity index (χ0) is 10.9. The lowest BCUT2D eigenvalue weighted by Gasteiger charge is -2.31. The van der Waals surface area contributed by atoms with Crippen LogP contribution in [0.2, 0.25) is 0 Å². The van der Waals surface area contributed by atoms with Crippen LogP contribution in [0.15, 0.2) is 11.8 Å². The van der Waals surface area contributed by atoms with E-state index in [4.69, 9.17) is 0 Å². The number of carbonyl (C=O) groups excluding carboxylic acids is 3. The minimum absolute atomic E-state index is 0.156. The Balaban J connectivity index is 3.07. The molecule has 0 spiro atoms. The smallest absolute Gasteiger partial charge is 0.277 e. The van der Waals surface area contributed by atoms with Gasteiger partial charge in [-0.1, -0.05) is 6.08 Å². The van der Waals surface area contributed by atoms with E-state index >= 15 is 0 Å². The highest BCUT2D eigenvalue weighted by molar-refractivity contribution is 6.11. The molecule has 0 aromatic rings. The van der Waals surface area contributed by atoms with Crippen LogP contribution in [0.25, 0.3) is 0 Å². The van der Waals surface area contributed by atoms with E-state index in [0.29, 0.717) is 0 Å². The molecule has 0 unspecified atom stereocenters. The monoisotopic (exact) mass is 196 g/mol. The molecule has 76 valence electrons. The maximum absolute atomic E-state index is 11.6. The molecule has 0 aliphatic carbocycles. The lowest BCUT2D eigenvalue weighted by Crippen LogP contribution is -2.57. The number of hydrogen-bond acceptors (Lipinski definition) is 3. The van der Waals surface area contributed by atoms with Crippen LogP contribution in [0.5, 0.6) is 0 Å². The SMILES string of the molecule is C/C=C1\NC(=O)[C@H](C)N(C(C)=O)C1=O. The summed E-state index contributed by atoms with van der Waals surface area (Å²) in [6, 6.07) is -0.733. The van der Waals surface area contributed by atoms with Gasteiger partial charge in [0, 0.05) is 6.92 Å². The molecule has 1 N–H and O–H groups in total. The van der Waals surface area contributed by atoms with Crippen molar-refractivity contribution in [2.24, 2.45) is 0 Å². The van der Waals surface area contributed by atoms with E-state index in [0.717, 1.165) is 4.90 Å². The van der Waals surface area contributed by atoms with Crippen molar-refractivity contribution in [3.8, 4) is 0 Å². The van der Waals surface area contributed by atoms with Gasteiger partial charge in [0.25, 0.3) is 5.91 Å². The highest BCUT2D eigenvalue weighted by Crippen LogP contribution is 2.11. The molecule has 0 radical (unpaired) electrons. The summed E-state index contributed by atoms with van der Waals surface area (Å²) in [4.78, 5) is 35.0. The number of hydrogen-bond donors (Lipinski definition) is 1. The molecule has 0 aromatic heterocycles. The van der Waals surface area contributed by atoms with Crippen LogP contribution in [0, 0.1) is 0 Å². The van der Waals surface area contributed by atoms with E-state index in [1.54, 1.807) is 6.92 Å². The molecule has 14 heavy (non-hydrogen) atoms. The Hall–Kier alpha value is -1.65. The summed E-state index contributed by atoms with van der Waals surface area (Å²) in [5.41, 5.74) is 0.156. The number of imide groups is 1. The first-order chi connectivity index (χ1) is 6.49. The molecule has 1 aliphatic rings. The Morgan fingerprint density at radius 3 is 2.50 bits per heavy atom. The number of piperazine rings is 1. The second kappa shape index (κ2) is 3.61. The molecule has 0 aromatic carbocycles. The molecule has 5 nitrogen and oxygen atoms in total. The number of nitrogens with zero attached hydrogens (tertiary/aromatic N) is 1. The van der Waals surface area contributed by atoms with Crippen molar-refractivity contribution >= 4 is 17.7 Å². The molecular formula is C9H12N2O3. The van der Waals surface area contributed by atoms with Crippen molar-refractivity contribution in [3.63, 3.8) is 0 Å². The third-order valence-electron chi connectivity index (χ3n) is 2.10. The third kappa shape index (κ3) is 1.53. The minimum Gasteiger partial charge on any atom is -0.320 e. The lowest BCUT2D eigenvalue weighted by atomic mass is 10.1. The van der Waals surface area contributed by atoms with Crippen molar-refractivity contribution in [1.29, 1.82) is 0 Å². The summed E-state index contributed by atoms with van der Waals surface area (Å²) in [7, 11) is 0. The Bertz CT molecular complexity index is 333. The molecular weight excluding hydrogens is 184 g/mol. The predicted molar refractivity (Wildman–Crippen MR) is 48.9 cm³/mol. The minimum atomic E-state index is -0.733. The van der Waals surface area contributed by atoms with Crippen LogP contribution in [-0.4, -0.2) is 28.7 Å². The standard InChI is InChI=1S/C9H12N2O3/c1-4-7-9(14)11(6(3)12)5(2)8(13)10-7/h4-5H,1-3H3,(H,10,13)/b7-4-/t5-/m0/s1. The number of amides is 3. The Kier molecular flexibility index (Phi) is 2.69. The van der Waals surface area contributed by atoms with Crippen molar-refractivity contribution in [3.05, 3.63) is 11.8 Å². The van der Waals surface area contributed by atoms with Crippen LogP contribution in [0.1, 0.15) is 20.8 Å². The highest BCUT2D eigenvalue weighted by Gasteiger charge is 2.36. The van der Waals surface area contributed by atoms with E-state index in [2.05, 4.69) is 5.32 Å². The van der Waals surface area contributed by atoms with Crippen LogP contribution < -0.4 is 5.32 Å². The number of carbonyl (C=O) groups is 3. The molecule has 3 amide bonds. The molecule has 1 saturated heterocycles. The van der Waals surface area contributed by atoms with Gasteiger partial charge >= 0.3 is 0 Å². The molecule has 0 saturated carbocycles. The van der Waals surface area contributed by atoms with Crippen molar-refractivity contribution < 1.29 is 14.4 Å². The summed E-state index contributed by atoms with van der Waals surface area (Å²) < 4.78 is 0. The predicted octanol–water partition coefficient (Wildman–Crippen LogP) is -0.216. The van der Waals surface area contributed by atoms with Crippen LogP contribution in [0.4, 0.5) is 0 Å². The normalized spacial score (nSPS) is 25.2. The second-order valence-corrected chi connectivity index (χ2v) is 3.06. The van der Waals surface area contributed by atoms with Gasteiger partial charge in [0.05, 0.1) is 0 Å². The molecule has 1 aliphatic heterocycles. The van der Waals surface area contributed by atoms with E-state index < -0.39 is 17.9 Å². The van der Waals surface area contributed by atoms with Crippen molar-refractivity contribution in [1.82, 2.24) is 10.2 Å². The quantitative estimate of drug-likeness (QED) is 0.545. The zero-order valence-corrected chi connectivity index (χ0v) is 8.33. The Morgan fingerprint density at radius 2 is 2.07 bits per heavy atom. The third-order valence-corrected chi connectivity index (χ3v) is 2.10. The van der Waals surface area contributed by atoms with Gasteiger partial charge in [0.1, 0.15) is 11.7 Å². The van der Waals surface area contributed by atoms with Crippen molar-refractivity contribution in [2.75, 3.05) is 0 Å². The number of nitrogens with one attached hydrogen (secondary N) is 1. The topological polar surface area (TPSA) is 66.5 Å². The van der Waals surface area contributed by atoms with Crippen LogP contribution in [0.3, 0.4) is 0 Å². The van der Waals surface area contributed by atoms with Gasteiger partial charge in [-0.3, -0.25) is 19.3 Å². The first kappa shape index (κ1) is 10.4. The van der Waals surface area contributed by atoms with Gasteiger partial charge in [-0.15, -0.1) is 0 Å². The first-order valence-electron chi connectivity index (χ1n) is 4.30. The van der Waals surface area contributed by atoms with E-state index in [1.807, 2.05) is 0 Å². The molecule has 0 bridgehead atoms. The van der Waals surface area contributed by atoms with Crippen molar-refractivity contribution in [2.45, 2.75) is 26.8 Å². The van der Waals surface area contributed by atoms with Gasteiger partial charge in [0.15, 0.2) is 0 Å². The van der Waals surface area contributed by atoms with Gasteiger partial charge in [-0.05, 0) is 13.8 Å². The molecule has 1 heterocycles. The Labute approximate surface area is 81.8 Å². The van der Waals surface area contributed by atoms with Gasteiger partial charge in [0.2, 0.25) is 11.8 Å². The summed E-state index contributed by atoms with van der Waals surface area (Å²) in [6.45, 7) is 4.41. The van der Waals surface area contributed by atoms with E-state index in [1.165, 1.54) is 19.9 Å². The van der Waals surface area contributed by atoms with Gasteiger partial charge in [-0.25, -0.2) is 0 Å². The maximum atomic E-state index is 11.6. The molecule has 5 heteroatoms. The van der Waals surface area contributed by atoms with Gasteiger partial charge in [-0.2, -0.15) is 0 Å². The maximum Gasteiger partial charge on any atom is 0.277 e. The Morgan fingerprint density at radius 1 is 1.50 bits per heavy atom. The van der Waals surface area contributed by atoms with Gasteiger partial charge < -0.3 is 5.32 Å². The highest BCUT2D eigenvalue weighted by atomic mass is 16.2. The first-order valence-corrected chi connectivity index (χ1v) is 4.30. The van der Waals surface area contributed by atoms with E-state index in [-0.39, 0.29) is 11.6 Å².